The zero-order valence-electron chi connectivity index (χ0n) is 19.7. The van der Waals surface area contributed by atoms with E-state index in [0.717, 1.165) is 30.3 Å². The number of fused-ring (bicyclic) bond motifs is 1. The topological polar surface area (TPSA) is 47.6 Å². The lowest BCUT2D eigenvalue weighted by Crippen LogP contribution is -2.35. The molecule has 2 atom stereocenters. The Morgan fingerprint density at radius 2 is 1.77 bits per heavy atom. The summed E-state index contributed by atoms with van der Waals surface area (Å²) in [7, 11) is 0. The highest BCUT2D eigenvalue weighted by atomic mass is 35.5. The van der Waals surface area contributed by atoms with Crippen LogP contribution in [0, 0.1) is 0 Å². The number of rotatable bonds is 8. The molecule has 0 radical (unpaired) electrons. The molecular formula is C24H19ClF9NO3S. The van der Waals surface area contributed by atoms with Crippen molar-refractivity contribution in [3.63, 3.8) is 0 Å². The van der Waals surface area contributed by atoms with E-state index in [1.807, 2.05) is 0 Å². The second-order valence-corrected chi connectivity index (χ2v) is 9.86. The number of nitrogens with one attached hydrogen (secondary N) is 1. The Labute approximate surface area is 225 Å². The summed E-state index contributed by atoms with van der Waals surface area (Å²) in [4.78, 5) is 12.5. The van der Waals surface area contributed by atoms with Gasteiger partial charge in [-0.25, -0.2) is 0 Å². The van der Waals surface area contributed by atoms with E-state index < -0.39 is 53.3 Å². The minimum absolute atomic E-state index is 0.0130. The van der Waals surface area contributed by atoms with Crippen LogP contribution in [-0.4, -0.2) is 42.6 Å². The highest BCUT2D eigenvalue weighted by molar-refractivity contribution is 7.99. The van der Waals surface area contributed by atoms with Crippen molar-refractivity contribution in [1.29, 1.82) is 0 Å². The van der Waals surface area contributed by atoms with Crippen LogP contribution in [0.5, 0.6) is 11.5 Å². The summed E-state index contributed by atoms with van der Waals surface area (Å²) < 4.78 is 130. The van der Waals surface area contributed by atoms with Crippen molar-refractivity contribution in [1.82, 2.24) is 5.32 Å². The SMILES string of the molecule is CC(CSCC(F)(F)F)NC(=O)c1ccc(/C=C/C(c2cc(Cl)c3c(c2)OCO3)C(F)(F)F)cc1C(F)(F)F. The van der Waals surface area contributed by atoms with Gasteiger partial charge in [0.2, 0.25) is 6.79 Å². The normalized spacial score (nSPS) is 15.5. The Hall–Kier alpha value is -2.74. The molecule has 4 nitrogen and oxygen atoms in total. The molecule has 1 aliphatic heterocycles. The van der Waals surface area contributed by atoms with Crippen molar-refractivity contribution in [3.05, 3.63) is 63.7 Å². The number of benzene rings is 2. The maximum atomic E-state index is 13.8. The summed E-state index contributed by atoms with van der Waals surface area (Å²) in [6.07, 6.45) is -12.9. The van der Waals surface area contributed by atoms with E-state index in [9.17, 15) is 44.3 Å². The van der Waals surface area contributed by atoms with E-state index in [1.165, 1.54) is 6.92 Å². The fraction of sp³-hybridized carbons (Fsp3) is 0.375. The quantitative estimate of drug-likeness (QED) is 0.311. The fourth-order valence-corrected chi connectivity index (χ4v) is 4.64. The van der Waals surface area contributed by atoms with Gasteiger partial charge in [-0.05, 0) is 42.3 Å². The number of amides is 1. The standard InChI is InChI=1S/C24H19ClF9NO3S/c1-12(9-39-10-22(26,27)28)35-21(36)15-4-2-13(6-17(15)24(32,33)34)3-5-16(23(29,30)31)14-7-18(25)20-19(8-14)37-11-38-20/h2-8,12,16H,9-11H2,1H3,(H,35,36)/b5-3+. The molecule has 214 valence electrons. The van der Waals surface area contributed by atoms with Crippen LogP contribution in [0.25, 0.3) is 6.08 Å². The molecule has 1 amide bonds. The van der Waals surface area contributed by atoms with E-state index >= 15 is 0 Å². The molecule has 39 heavy (non-hydrogen) atoms. The van der Waals surface area contributed by atoms with Crippen molar-refractivity contribution in [3.8, 4) is 11.5 Å². The molecule has 3 rings (SSSR count). The van der Waals surface area contributed by atoms with E-state index in [1.54, 1.807) is 0 Å². The van der Waals surface area contributed by atoms with E-state index in [0.29, 0.717) is 23.9 Å². The molecule has 0 saturated heterocycles. The Kier molecular flexibility index (Phi) is 9.31. The van der Waals surface area contributed by atoms with E-state index in [-0.39, 0.29) is 40.2 Å². The number of allylic oxidation sites excluding steroid dienone is 1. The molecule has 1 aliphatic rings. The molecule has 0 aliphatic carbocycles. The van der Waals surface area contributed by atoms with Crippen LogP contribution < -0.4 is 14.8 Å². The van der Waals surface area contributed by atoms with Gasteiger partial charge in [0, 0.05) is 11.8 Å². The Balaban J connectivity index is 1.85. The summed E-state index contributed by atoms with van der Waals surface area (Å²) in [6, 6.07) is 3.50. The summed E-state index contributed by atoms with van der Waals surface area (Å²) in [5.74, 6) is -4.81. The van der Waals surface area contributed by atoms with Crippen LogP contribution in [0.3, 0.4) is 0 Å². The maximum Gasteiger partial charge on any atom is 0.417 e. The van der Waals surface area contributed by atoms with Crippen molar-refractivity contribution in [2.75, 3.05) is 18.3 Å². The van der Waals surface area contributed by atoms with Gasteiger partial charge < -0.3 is 14.8 Å². The average Bonchev–Trinajstić information content (AvgIpc) is 3.26. The number of halogens is 10. The van der Waals surface area contributed by atoms with Gasteiger partial charge in [-0.3, -0.25) is 4.79 Å². The maximum absolute atomic E-state index is 13.8. The number of thioether (sulfide) groups is 1. The molecule has 1 N–H and O–H groups in total. The smallest absolute Gasteiger partial charge is 0.417 e. The molecular weight excluding hydrogens is 589 g/mol. The predicted octanol–water partition coefficient (Wildman–Crippen LogP) is 7.86. The Bertz CT molecular complexity index is 1230. The number of carbonyl (C=O) groups is 1. The number of hydrogen-bond donors (Lipinski definition) is 1. The summed E-state index contributed by atoms with van der Waals surface area (Å²) in [5, 5.41) is 2.07. The Morgan fingerprint density at radius 3 is 2.38 bits per heavy atom. The first kappa shape index (κ1) is 30.8. The molecule has 2 aromatic carbocycles. The van der Waals surface area contributed by atoms with Gasteiger partial charge in [-0.1, -0.05) is 29.8 Å². The lowest BCUT2D eigenvalue weighted by molar-refractivity contribution is -0.139. The number of carbonyl (C=O) groups excluding carboxylic acids is 1. The third-order valence-corrected chi connectivity index (χ3v) is 6.80. The lowest BCUT2D eigenvalue weighted by atomic mass is 9.95. The van der Waals surface area contributed by atoms with Crippen LogP contribution in [-0.2, 0) is 6.18 Å². The van der Waals surface area contributed by atoms with Crippen LogP contribution in [0.15, 0.2) is 36.4 Å². The largest absolute Gasteiger partial charge is 0.454 e. The Morgan fingerprint density at radius 1 is 1.08 bits per heavy atom. The van der Waals surface area contributed by atoms with Crippen molar-refractivity contribution >= 4 is 35.3 Å². The average molecular weight is 608 g/mol. The van der Waals surface area contributed by atoms with Crippen molar-refractivity contribution < 1.29 is 53.8 Å². The molecule has 0 fully saturated rings. The van der Waals surface area contributed by atoms with Crippen molar-refractivity contribution in [2.45, 2.75) is 37.4 Å². The van der Waals surface area contributed by atoms with Gasteiger partial charge in [0.1, 0.15) is 0 Å². The second kappa shape index (κ2) is 11.8. The van der Waals surface area contributed by atoms with Crippen LogP contribution in [0.2, 0.25) is 5.02 Å². The van der Waals surface area contributed by atoms with Crippen LogP contribution in [0.4, 0.5) is 39.5 Å². The summed E-state index contributed by atoms with van der Waals surface area (Å²) in [6.45, 7) is 1.08. The second-order valence-electron chi connectivity index (χ2n) is 8.42. The third kappa shape index (κ3) is 8.37. The first-order chi connectivity index (χ1) is 18.0. The van der Waals surface area contributed by atoms with Crippen LogP contribution >= 0.6 is 23.4 Å². The van der Waals surface area contributed by atoms with Gasteiger partial charge in [0.05, 0.1) is 27.8 Å². The monoisotopic (exact) mass is 607 g/mol. The first-order valence-corrected chi connectivity index (χ1v) is 12.5. The van der Waals surface area contributed by atoms with Crippen LogP contribution in [0.1, 0.15) is 39.9 Å². The third-order valence-electron chi connectivity index (χ3n) is 5.25. The molecule has 15 heteroatoms. The van der Waals surface area contributed by atoms with Crippen molar-refractivity contribution in [2.24, 2.45) is 0 Å². The number of alkyl halides is 9. The number of ether oxygens (including phenoxy) is 2. The molecule has 0 bridgehead atoms. The van der Waals surface area contributed by atoms with Gasteiger partial charge in [-0.2, -0.15) is 51.3 Å². The van der Waals surface area contributed by atoms with E-state index in [4.69, 9.17) is 21.1 Å². The van der Waals surface area contributed by atoms with Gasteiger partial charge >= 0.3 is 18.5 Å². The van der Waals surface area contributed by atoms with Gasteiger partial charge in [0.25, 0.3) is 5.91 Å². The minimum atomic E-state index is -5.06. The fourth-order valence-electron chi connectivity index (χ4n) is 3.58. The summed E-state index contributed by atoms with van der Waals surface area (Å²) >= 11 is 6.43. The molecule has 0 saturated carbocycles. The summed E-state index contributed by atoms with van der Waals surface area (Å²) in [5.41, 5.74) is -2.87. The first-order valence-electron chi connectivity index (χ1n) is 11.0. The highest BCUT2D eigenvalue weighted by Crippen LogP contribution is 2.45. The molecule has 2 aromatic rings. The van der Waals surface area contributed by atoms with E-state index in [2.05, 4.69) is 5.32 Å². The molecule has 0 spiro atoms. The molecule has 2 unspecified atom stereocenters. The molecule has 0 aromatic heterocycles. The highest BCUT2D eigenvalue weighted by Gasteiger charge is 2.40. The van der Waals surface area contributed by atoms with Gasteiger partial charge in [-0.15, -0.1) is 0 Å². The van der Waals surface area contributed by atoms with Gasteiger partial charge in [0.15, 0.2) is 11.5 Å². The zero-order chi connectivity index (χ0) is 29.2. The zero-order valence-corrected chi connectivity index (χ0v) is 21.3. The minimum Gasteiger partial charge on any atom is -0.454 e. The lowest BCUT2D eigenvalue weighted by Gasteiger charge is -2.19. The number of hydrogen-bond acceptors (Lipinski definition) is 4. The molecule has 1 heterocycles. The predicted molar refractivity (Wildman–Crippen MR) is 127 cm³/mol.